The van der Waals surface area contributed by atoms with E-state index in [-0.39, 0.29) is 10.6 Å². The lowest BCUT2D eigenvalue weighted by molar-refractivity contribution is -0.385. The van der Waals surface area contributed by atoms with Gasteiger partial charge in [0.05, 0.1) is 11.5 Å². The first-order valence-corrected chi connectivity index (χ1v) is 6.45. The molecule has 0 aliphatic carbocycles. The third kappa shape index (κ3) is 2.41. The third-order valence-electron chi connectivity index (χ3n) is 3.46. The highest BCUT2D eigenvalue weighted by Gasteiger charge is 2.13. The number of carbonyl (C=O) groups excluding carboxylic acids is 1. The highest BCUT2D eigenvalue weighted by atomic mass is 16.6. The molecule has 1 heterocycles. The molecular formula is C16H12N2O3. The summed E-state index contributed by atoms with van der Waals surface area (Å²) in [5, 5.41) is 12.0. The summed E-state index contributed by atoms with van der Waals surface area (Å²) in [6.45, 7) is 0.418. The van der Waals surface area contributed by atoms with Crippen LogP contribution in [0.4, 0.5) is 5.69 Å². The molecule has 0 saturated heterocycles. The fourth-order valence-corrected chi connectivity index (χ4v) is 2.44. The summed E-state index contributed by atoms with van der Waals surface area (Å²) < 4.78 is 1.94. The molecule has 3 rings (SSSR count). The van der Waals surface area contributed by atoms with E-state index in [9.17, 15) is 14.9 Å². The van der Waals surface area contributed by atoms with Crippen LogP contribution in [0.5, 0.6) is 0 Å². The van der Waals surface area contributed by atoms with Crippen molar-refractivity contribution in [3.8, 4) is 0 Å². The second-order valence-corrected chi connectivity index (χ2v) is 4.77. The Morgan fingerprint density at radius 1 is 1.14 bits per heavy atom. The van der Waals surface area contributed by atoms with E-state index in [1.54, 1.807) is 30.3 Å². The number of para-hydroxylation sites is 1. The van der Waals surface area contributed by atoms with E-state index in [0.717, 1.165) is 17.2 Å². The van der Waals surface area contributed by atoms with Crippen LogP contribution >= 0.6 is 0 Å². The number of benzene rings is 2. The second-order valence-electron chi connectivity index (χ2n) is 4.77. The quantitative estimate of drug-likeness (QED) is 0.418. The molecule has 0 saturated carbocycles. The predicted molar refractivity (Wildman–Crippen MR) is 79.5 cm³/mol. The van der Waals surface area contributed by atoms with Crippen LogP contribution in [0, 0.1) is 10.1 Å². The molecule has 0 aliphatic rings. The molecule has 3 aromatic rings. The van der Waals surface area contributed by atoms with E-state index in [0.29, 0.717) is 17.7 Å². The van der Waals surface area contributed by atoms with Crippen molar-refractivity contribution in [3.05, 3.63) is 76.0 Å². The summed E-state index contributed by atoms with van der Waals surface area (Å²) in [6, 6.07) is 14.0. The zero-order valence-corrected chi connectivity index (χ0v) is 11.1. The molecule has 0 amide bonds. The Hall–Kier alpha value is -2.95. The van der Waals surface area contributed by atoms with Crippen LogP contribution in [0.15, 0.2) is 54.7 Å². The van der Waals surface area contributed by atoms with Gasteiger partial charge in [0.25, 0.3) is 5.69 Å². The van der Waals surface area contributed by atoms with E-state index < -0.39 is 0 Å². The van der Waals surface area contributed by atoms with Crippen LogP contribution in [0.1, 0.15) is 15.9 Å². The minimum atomic E-state index is -0.370. The van der Waals surface area contributed by atoms with Crippen molar-refractivity contribution in [1.82, 2.24) is 4.57 Å². The van der Waals surface area contributed by atoms with Gasteiger partial charge in [0.2, 0.25) is 0 Å². The number of aldehydes is 1. The Morgan fingerprint density at radius 3 is 2.71 bits per heavy atom. The molecule has 0 spiro atoms. The molecule has 5 heteroatoms. The highest BCUT2D eigenvalue weighted by Crippen LogP contribution is 2.22. The van der Waals surface area contributed by atoms with Crippen LogP contribution in [0.2, 0.25) is 0 Å². The van der Waals surface area contributed by atoms with Crippen LogP contribution in [-0.4, -0.2) is 15.8 Å². The van der Waals surface area contributed by atoms with Crippen molar-refractivity contribution in [3.63, 3.8) is 0 Å². The van der Waals surface area contributed by atoms with Crippen LogP contribution in [0.25, 0.3) is 10.9 Å². The number of rotatable bonds is 4. The van der Waals surface area contributed by atoms with Gasteiger partial charge in [0, 0.05) is 34.3 Å². The molecular weight excluding hydrogens is 268 g/mol. The van der Waals surface area contributed by atoms with Crippen molar-refractivity contribution in [1.29, 1.82) is 0 Å². The fourth-order valence-electron chi connectivity index (χ4n) is 2.44. The molecule has 2 aromatic carbocycles. The molecule has 0 fully saturated rings. The second kappa shape index (κ2) is 5.20. The Kier molecular flexibility index (Phi) is 3.23. The number of nitrogens with zero attached hydrogens (tertiary/aromatic N) is 2. The minimum Gasteiger partial charge on any atom is -0.343 e. The lowest BCUT2D eigenvalue weighted by Gasteiger charge is -2.06. The average molecular weight is 280 g/mol. The Labute approximate surface area is 120 Å². The van der Waals surface area contributed by atoms with Gasteiger partial charge in [-0.3, -0.25) is 14.9 Å². The summed E-state index contributed by atoms with van der Waals surface area (Å²) in [6.07, 6.45) is 2.68. The standard InChI is InChI=1S/C16H12N2O3/c19-11-12-5-6-15-13(9-12)7-8-17(15)10-14-3-1-2-4-16(14)18(20)21/h1-9,11H,10H2. The number of hydrogen-bond acceptors (Lipinski definition) is 3. The molecule has 21 heavy (non-hydrogen) atoms. The van der Waals surface area contributed by atoms with Gasteiger partial charge >= 0.3 is 0 Å². The number of aromatic nitrogens is 1. The normalized spacial score (nSPS) is 10.7. The molecule has 104 valence electrons. The summed E-state index contributed by atoms with van der Waals surface area (Å²) in [4.78, 5) is 21.5. The van der Waals surface area contributed by atoms with Gasteiger partial charge in [-0.25, -0.2) is 0 Å². The van der Waals surface area contributed by atoms with Crippen molar-refractivity contribution < 1.29 is 9.72 Å². The zero-order chi connectivity index (χ0) is 14.8. The van der Waals surface area contributed by atoms with Crippen LogP contribution in [-0.2, 0) is 6.54 Å². The van der Waals surface area contributed by atoms with E-state index in [1.807, 2.05) is 22.9 Å². The molecule has 0 radical (unpaired) electrons. The van der Waals surface area contributed by atoms with Gasteiger partial charge in [-0.2, -0.15) is 0 Å². The Bertz CT molecular complexity index is 836. The SMILES string of the molecule is O=Cc1ccc2c(ccn2Cc2ccccc2[N+](=O)[O-])c1. The molecule has 0 aliphatic heterocycles. The van der Waals surface area contributed by atoms with Crippen molar-refractivity contribution in [2.24, 2.45) is 0 Å². The summed E-state index contributed by atoms with van der Waals surface area (Å²) in [5.74, 6) is 0. The maximum absolute atomic E-state index is 11.1. The number of hydrogen-bond donors (Lipinski definition) is 0. The average Bonchev–Trinajstić information content (AvgIpc) is 2.90. The van der Waals surface area contributed by atoms with E-state index in [4.69, 9.17) is 0 Å². The number of carbonyl (C=O) groups is 1. The van der Waals surface area contributed by atoms with Crippen molar-refractivity contribution in [2.45, 2.75) is 6.54 Å². The largest absolute Gasteiger partial charge is 0.343 e. The van der Waals surface area contributed by atoms with Crippen molar-refractivity contribution >= 4 is 22.9 Å². The molecule has 1 aromatic heterocycles. The van der Waals surface area contributed by atoms with Gasteiger partial charge in [0.1, 0.15) is 6.29 Å². The minimum absolute atomic E-state index is 0.115. The zero-order valence-electron chi connectivity index (χ0n) is 11.1. The predicted octanol–water partition coefficient (Wildman–Crippen LogP) is 3.41. The monoisotopic (exact) mass is 280 g/mol. The maximum Gasteiger partial charge on any atom is 0.274 e. The summed E-state index contributed by atoms with van der Waals surface area (Å²) in [7, 11) is 0. The van der Waals surface area contributed by atoms with E-state index in [2.05, 4.69) is 0 Å². The lowest BCUT2D eigenvalue weighted by atomic mass is 10.1. The topological polar surface area (TPSA) is 65.1 Å². The van der Waals surface area contributed by atoms with E-state index >= 15 is 0 Å². The van der Waals surface area contributed by atoms with Crippen molar-refractivity contribution in [2.75, 3.05) is 0 Å². The van der Waals surface area contributed by atoms with E-state index in [1.165, 1.54) is 6.07 Å². The van der Waals surface area contributed by atoms with Gasteiger partial charge in [-0.1, -0.05) is 18.2 Å². The van der Waals surface area contributed by atoms with Crippen LogP contribution in [0.3, 0.4) is 0 Å². The molecule has 0 unspecified atom stereocenters. The molecule has 0 N–H and O–H groups in total. The molecule has 5 nitrogen and oxygen atoms in total. The smallest absolute Gasteiger partial charge is 0.274 e. The number of fused-ring (bicyclic) bond motifs is 1. The number of nitro groups is 1. The number of nitro benzene ring substituents is 1. The van der Waals surface area contributed by atoms with Gasteiger partial charge in [-0.05, 0) is 24.3 Å². The maximum atomic E-state index is 11.1. The molecule has 0 bridgehead atoms. The first-order valence-electron chi connectivity index (χ1n) is 6.45. The van der Waals surface area contributed by atoms with Gasteiger partial charge in [0.15, 0.2) is 0 Å². The van der Waals surface area contributed by atoms with Crippen LogP contribution < -0.4 is 0 Å². The van der Waals surface area contributed by atoms with Gasteiger partial charge in [-0.15, -0.1) is 0 Å². The highest BCUT2D eigenvalue weighted by molar-refractivity contribution is 5.87. The lowest BCUT2D eigenvalue weighted by Crippen LogP contribution is -2.01. The first-order chi connectivity index (χ1) is 10.2. The third-order valence-corrected chi connectivity index (χ3v) is 3.46. The summed E-state index contributed by atoms with van der Waals surface area (Å²) in [5.41, 5.74) is 2.33. The first kappa shape index (κ1) is 13.1. The Morgan fingerprint density at radius 2 is 1.95 bits per heavy atom. The fraction of sp³-hybridized carbons (Fsp3) is 0.0625. The molecule has 0 atom stereocenters. The van der Waals surface area contributed by atoms with Gasteiger partial charge < -0.3 is 4.57 Å². The summed E-state index contributed by atoms with van der Waals surface area (Å²) >= 11 is 0. The Balaban J connectivity index is 2.03.